The smallest absolute Gasteiger partial charge is 0.197 e. The first-order chi connectivity index (χ1) is 19.1. The normalized spacial score (nSPS) is 14.4. The molecule has 0 aliphatic heterocycles. The minimum Gasteiger partial charge on any atom is -0.491 e. The maximum atomic E-state index is 13.0. The van der Waals surface area contributed by atoms with Gasteiger partial charge in [0.05, 0.1) is 28.9 Å². The van der Waals surface area contributed by atoms with E-state index in [0.717, 1.165) is 83.3 Å². The molecule has 1 aliphatic carbocycles. The van der Waals surface area contributed by atoms with Gasteiger partial charge in [-0.1, -0.05) is 19.1 Å². The molecular formula is C30H38N3O5PS. The van der Waals surface area contributed by atoms with E-state index in [2.05, 4.69) is 27.9 Å². The van der Waals surface area contributed by atoms with Crippen LogP contribution in [0.5, 0.6) is 5.75 Å². The van der Waals surface area contributed by atoms with Gasteiger partial charge in [-0.25, -0.2) is 13.4 Å². The van der Waals surface area contributed by atoms with Crippen LogP contribution in [0.1, 0.15) is 31.7 Å². The molecule has 1 aliphatic rings. The van der Waals surface area contributed by atoms with Gasteiger partial charge in [-0.15, -0.1) is 0 Å². The molecule has 2 aromatic heterocycles. The van der Waals surface area contributed by atoms with Crippen molar-refractivity contribution >= 4 is 39.1 Å². The number of H-pyrrole nitrogens is 1. The Balaban J connectivity index is 1.40. The van der Waals surface area contributed by atoms with Crippen molar-refractivity contribution in [1.29, 1.82) is 0 Å². The molecule has 214 valence electrons. The SMILES string of the molecule is CCN(CCCOc1ccc(-c2cccc(S(=O)(=O)C3CC3)c2)c2c1[nH]c1ncc(C)cc12)CCOP(C)(C)=O. The summed E-state index contributed by atoms with van der Waals surface area (Å²) in [4.78, 5) is 10.7. The van der Waals surface area contributed by atoms with E-state index in [0.29, 0.717) is 18.1 Å². The molecule has 4 aromatic rings. The largest absolute Gasteiger partial charge is 0.491 e. The molecule has 8 nitrogen and oxygen atoms in total. The lowest BCUT2D eigenvalue weighted by Gasteiger charge is -2.21. The first-order valence-corrected chi connectivity index (χ1v) is 17.9. The summed E-state index contributed by atoms with van der Waals surface area (Å²) in [6.07, 6.45) is 4.13. The van der Waals surface area contributed by atoms with Crippen LogP contribution in [0.2, 0.25) is 0 Å². The van der Waals surface area contributed by atoms with Gasteiger partial charge < -0.3 is 19.1 Å². The standard InChI is InChI=1S/C30H38N3O5PS/c1-5-33(15-17-38-39(3,4)34)14-7-16-37-27-13-12-25(28-26-18-21(2)20-31-30(26)32-29(27)28)22-8-6-9-24(19-22)40(35,36)23-10-11-23/h6,8-9,12-13,18-20,23H,5,7,10-11,14-17H2,1-4H3,(H,31,32). The van der Waals surface area contributed by atoms with Gasteiger partial charge in [-0.05, 0) is 79.8 Å². The van der Waals surface area contributed by atoms with Gasteiger partial charge in [0.25, 0.3) is 0 Å². The number of fused-ring (bicyclic) bond motifs is 3. The monoisotopic (exact) mass is 583 g/mol. The highest BCUT2D eigenvalue weighted by Gasteiger charge is 2.37. The highest BCUT2D eigenvalue weighted by molar-refractivity contribution is 7.92. The molecule has 2 heterocycles. The molecule has 1 fully saturated rings. The molecule has 1 saturated carbocycles. The van der Waals surface area contributed by atoms with Crippen molar-refractivity contribution in [3.8, 4) is 16.9 Å². The number of aromatic nitrogens is 2. The first kappa shape index (κ1) is 28.8. The molecule has 10 heteroatoms. The third-order valence-electron chi connectivity index (χ3n) is 7.27. The van der Waals surface area contributed by atoms with Crippen LogP contribution in [0.4, 0.5) is 0 Å². The number of hydrogen-bond acceptors (Lipinski definition) is 7. The van der Waals surface area contributed by atoms with E-state index in [1.807, 2.05) is 37.4 Å². The van der Waals surface area contributed by atoms with Gasteiger partial charge in [0.2, 0.25) is 0 Å². The summed E-state index contributed by atoms with van der Waals surface area (Å²) in [5.41, 5.74) is 4.45. The van der Waals surface area contributed by atoms with Crippen LogP contribution in [-0.4, -0.2) is 74.7 Å². The van der Waals surface area contributed by atoms with E-state index >= 15 is 0 Å². The number of ether oxygens (including phenoxy) is 1. The zero-order valence-corrected chi connectivity index (χ0v) is 25.4. The van der Waals surface area contributed by atoms with Gasteiger partial charge in [0.15, 0.2) is 17.2 Å². The van der Waals surface area contributed by atoms with E-state index in [4.69, 9.17) is 9.26 Å². The fourth-order valence-electron chi connectivity index (χ4n) is 5.03. The van der Waals surface area contributed by atoms with Gasteiger partial charge in [-0.3, -0.25) is 4.57 Å². The first-order valence-electron chi connectivity index (χ1n) is 13.9. The molecule has 2 aromatic carbocycles. The van der Waals surface area contributed by atoms with Crippen molar-refractivity contribution in [2.75, 3.05) is 46.2 Å². The molecule has 40 heavy (non-hydrogen) atoms. The quantitative estimate of drug-likeness (QED) is 0.146. The minimum absolute atomic E-state index is 0.255. The Morgan fingerprint density at radius 1 is 1.10 bits per heavy atom. The summed E-state index contributed by atoms with van der Waals surface area (Å²) in [5, 5.41) is 1.70. The molecule has 0 saturated heterocycles. The van der Waals surface area contributed by atoms with Crippen LogP contribution in [0, 0.1) is 6.92 Å². The lowest BCUT2D eigenvalue weighted by Crippen LogP contribution is -2.29. The fraction of sp³-hybridized carbons (Fsp3) is 0.433. The number of nitrogens with zero attached hydrogens (tertiary/aromatic N) is 2. The molecule has 5 rings (SSSR count). The van der Waals surface area contributed by atoms with Crippen molar-refractivity contribution in [3.63, 3.8) is 0 Å². The molecule has 0 atom stereocenters. The predicted octanol–water partition coefficient (Wildman–Crippen LogP) is 6.27. The maximum Gasteiger partial charge on any atom is 0.197 e. The molecule has 0 amide bonds. The van der Waals surface area contributed by atoms with Crippen LogP contribution < -0.4 is 4.74 Å². The Morgan fingerprint density at radius 3 is 2.62 bits per heavy atom. The Hall–Kier alpha value is -2.71. The molecular weight excluding hydrogens is 545 g/mol. The van der Waals surface area contributed by atoms with Gasteiger partial charge in [-0.2, -0.15) is 0 Å². The third kappa shape index (κ3) is 6.44. The summed E-state index contributed by atoms with van der Waals surface area (Å²) < 4.78 is 49.5. The van der Waals surface area contributed by atoms with E-state index in [9.17, 15) is 13.0 Å². The van der Waals surface area contributed by atoms with Crippen LogP contribution in [-0.2, 0) is 18.9 Å². The van der Waals surface area contributed by atoms with Crippen molar-refractivity contribution in [1.82, 2.24) is 14.9 Å². The molecule has 0 radical (unpaired) electrons. The Kier molecular flexibility index (Phi) is 8.39. The van der Waals surface area contributed by atoms with E-state index in [1.54, 1.807) is 25.5 Å². The Bertz CT molecular complexity index is 1670. The number of sulfone groups is 1. The second-order valence-corrected chi connectivity index (χ2v) is 15.9. The number of likely N-dealkylation sites (N-methyl/N-ethyl adjacent to an activating group) is 1. The molecule has 0 bridgehead atoms. The zero-order chi connectivity index (χ0) is 28.5. The van der Waals surface area contributed by atoms with Crippen LogP contribution in [0.25, 0.3) is 33.1 Å². The maximum absolute atomic E-state index is 13.0. The third-order valence-corrected chi connectivity index (χ3v) is 10.3. The number of benzene rings is 2. The van der Waals surface area contributed by atoms with E-state index in [-0.39, 0.29) is 5.25 Å². The average molecular weight is 584 g/mol. The lowest BCUT2D eigenvalue weighted by molar-refractivity contribution is 0.202. The summed E-state index contributed by atoms with van der Waals surface area (Å²) in [7, 11) is -5.77. The highest BCUT2D eigenvalue weighted by Crippen LogP contribution is 2.41. The van der Waals surface area contributed by atoms with Gasteiger partial charge in [0.1, 0.15) is 11.4 Å². The van der Waals surface area contributed by atoms with Crippen LogP contribution in [0.3, 0.4) is 0 Å². The van der Waals surface area contributed by atoms with Crippen LogP contribution in [0.15, 0.2) is 53.6 Å². The average Bonchev–Trinajstić information content (AvgIpc) is 3.71. The van der Waals surface area contributed by atoms with E-state index in [1.165, 1.54) is 0 Å². The predicted molar refractivity (Wildman–Crippen MR) is 162 cm³/mol. The summed E-state index contributed by atoms with van der Waals surface area (Å²) in [6.45, 7) is 10.8. The van der Waals surface area contributed by atoms with Crippen molar-refractivity contribution in [2.45, 2.75) is 43.3 Å². The van der Waals surface area contributed by atoms with Crippen LogP contribution >= 0.6 is 7.37 Å². The van der Waals surface area contributed by atoms with Crippen molar-refractivity contribution in [2.24, 2.45) is 0 Å². The second kappa shape index (κ2) is 11.6. The number of aryl methyl sites for hydroxylation is 1. The lowest BCUT2D eigenvalue weighted by atomic mass is 9.99. The molecule has 0 spiro atoms. The summed E-state index contributed by atoms with van der Waals surface area (Å²) >= 11 is 0. The van der Waals surface area contributed by atoms with Crippen molar-refractivity contribution in [3.05, 3.63) is 54.2 Å². The number of hydrogen-bond donors (Lipinski definition) is 1. The summed E-state index contributed by atoms with van der Waals surface area (Å²) in [6, 6.07) is 13.3. The number of pyridine rings is 1. The molecule has 1 N–H and O–H groups in total. The minimum atomic E-state index is -3.30. The van der Waals surface area contributed by atoms with Gasteiger partial charge in [0, 0.05) is 43.4 Å². The topological polar surface area (TPSA) is 102 Å². The van der Waals surface area contributed by atoms with Crippen molar-refractivity contribution < 1.29 is 22.2 Å². The molecule has 0 unspecified atom stereocenters. The van der Waals surface area contributed by atoms with Gasteiger partial charge >= 0.3 is 0 Å². The fourth-order valence-corrected chi connectivity index (χ4v) is 7.25. The summed E-state index contributed by atoms with van der Waals surface area (Å²) in [5.74, 6) is 0.737. The highest BCUT2D eigenvalue weighted by atomic mass is 32.2. The number of nitrogens with one attached hydrogen (secondary N) is 1. The Morgan fingerprint density at radius 2 is 1.90 bits per heavy atom. The zero-order valence-electron chi connectivity index (χ0n) is 23.6. The number of rotatable bonds is 13. The Labute approximate surface area is 236 Å². The second-order valence-electron chi connectivity index (χ2n) is 10.9. The van der Waals surface area contributed by atoms with E-state index < -0.39 is 17.2 Å². The number of aromatic amines is 1.